The van der Waals surface area contributed by atoms with Crippen molar-refractivity contribution in [1.82, 2.24) is 5.32 Å². The SMILES string of the molecule is CCCNC(CS(=O)(=O)c1ccc(F)c(F)c1)C(C)CC. The van der Waals surface area contributed by atoms with E-state index < -0.39 is 21.5 Å². The number of halogens is 2. The molecule has 21 heavy (non-hydrogen) atoms. The molecular formula is C15H23F2NO2S. The summed E-state index contributed by atoms with van der Waals surface area (Å²) in [5.74, 6) is -2.13. The van der Waals surface area contributed by atoms with Crippen LogP contribution in [0.25, 0.3) is 0 Å². The Morgan fingerprint density at radius 3 is 2.38 bits per heavy atom. The zero-order valence-corrected chi connectivity index (χ0v) is 13.5. The van der Waals surface area contributed by atoms with E-state index in [0.717, 1.165) is 37.6 Å². The van der Waals surface area contributed by atoms with E-state index in [1.807, 2.05) is 20.8 Å². The third-order valence-electron chi connectivity index (χ3n) is 3.64. The normalized spacial score (nSPS) is 14.9. The fourth-order valence-corrected chi connectivity index (χ4v) is 3.71. The van der Waals surface area contributed by atoms with Crippen LogP contribution in [0.1, 0.15) is 33.6 Å². The third-order valence-corrected chi connectivity index (χ3v) is 5.41. The standard InChI is InChI=1S/C15H23F2NO2S/c1-4-8-18-15(11(3)5-2)10-21(19,20)12-6-7-13(16)14(17)9-12/h6-7,9,11,15,18H,4-5,8,10H2,1-3H3. The van der Waals surface area contributed by atoms with Crippen LogP contribution < -0.4 is 5.32 Å². The molecule has 0 saturated heterocycles. The molecule has 2 atom stereocenters. The molecular weight excluding hydrogens is 296 g/mol. The van der Waals surface area contributed by atoms with Crippen molar-refractivity contribution in [1.29, 1.82) is 0 Å². The molecule has 0 radical (unpaired) electrons. The van der Waals surface area contributed by atoms with Gasteiger partial charge in [-0.1, -0.05) is 27.2 Å². The van der Waals surface area contributed by atoms with Crippen LogP contribution in [0, 0.1) is 17.6 Å². The summed E-state index contributed by atoms with van der Waals surface area (Å²) >= 11 is 0. The van der Waals surface area contributed by atoms with Gasteiger partial charge in [0, 0.05) is 6.04 Å². The van der Waals surface area contributed by atoms with E-state index in [4.69, 9.17) is 0 Å². The van der Waals surface area contributed by atoms with Crippen molar-refractivity contribution in [3.8, 4) is 0 Å². The van der Waals surface area contributed by atoms with E-state index in [1.54, 1.807) is 0 Å². The average molecular weight is 319 g/mol. The summed E-state index contributed by atoms with van der Waals surface area (Å²) in [4.78, 5) is -0.173. The summed E-state index contributed by atoms with van der Waals surface area (Å²) < 4.78 is 50.9. The van der Waals surface area contributed by atoms with E-state index in [0.29, 0.717) is 0 Å². The van der Waals surface area contributed by atoms with Crippen LogP contribution >= 0.6 is 0 Å². The molecule has 0 aliphatic heterocycles. The first-order valence-corrected chi connectivity index (χ1v) is 8.88. The first kappa shape index (κ1) is 18.0. The number of nitrogens with one attached hydrogen (secondary N) is 1. The van der Waals surface area contributed by atoms with Gasteiger partial charge in [0.25, 0.3) is 0 Å². The van der Waals surface area contributed by atoms with E-state index >= 15 is 0 Å². The summed E-state index contributed by atoms with van der Waals surface area (Å²) in [6.07, 6.45) is 1.74. The molecule has 0 bridgehead atoms. The second-order valence-electron chi connectivity index (χ2n) is 5.30. The first-order chi connectivity index (χ1) is 9.81. The second kappa shape index (κ2) is 7.84. The molecule has 0 aliphatic rings. The van der Waals surface area contributed by atoms with Gasteiger partial charge >= 0.3 is 0 Å². The van der Waals surface area contributed by atoms with E-state index in [-0.39, 0.29) is 22.6 Å². The van der Waals surface area contributed by atoms with Crippen molar-refractivity contribution in [2.24, 2.45) is 5.92 Å². The minimum Gasteiger partial charge on any atom is -0.313 e. The van der Waals surface area contributed by atoms with Gasteiger partial charge in [-0.25, -0.2) is 17.2 Å². The molecule has 1 aromatic carbocycles. The molecule has 0 fully saturated rings. The van der Waals surface area contributed by atoms with Crippen LogP contribution in [0.3, 0.4) is 0 Å². The zero-order chi connectivity index (χ0) is 16.0. The summed E-state index contributed by atoms with van der Waals surface area (Å²) in [7, 11) is -3.65. The lowest BCUT2D eigenvalue weighted by Gasteiger charge is -2.24. The molecule has 3 nitrogen and oxygen atoms in total. The number of hydrogen-bond donors (Lipinski definition) is 1. The van der Waals surface area contributed by atoms with Crippen molar-refractivity contribution in [2.45, 2.75) is 44.6 Å². The van der Waals surface area contributed by atoms with E-state index in [2.05, 4.69) is 5.32 Å². The number of hydrogen-bond acceptors (Lipinski definition) is 3. The molecule has 2 unspecified atom stereocenters. The highest BCUT2D eigenvalue weighted by Gasteiger charge is 2.25. The Kier molecular flexibility index (Phi) is 6.74. The molecule has 6 heteroatoms. The smallest absolute Gasteiger partial charge is 0.180 e. The molecule has 1 rings (SSSR count). The molecule has 0 amide bonds. The monoisotopic (exact) mass is 319 g/mol. The average Bonchev–Trinajstić information content (AvgIpc) is 2.45. The van der Waals surface area contributed by atoms with Gasteiger partial charge in [0.2, 0.25) is 0 Å². The maximum Gasteiger partial charge on any atom is 0.180 e. The largest absolute Gasteiger partial charge is 0.313 e. The lowest BCUT2D eigenvalue weighted by molar-refractivity contribution is 0.391. The van der Waals surface area contributed by atoms with Gasteiger partial charge in [0.05, 0.1) is 10.6 Å². The lowest BCUT2D eigenvalue weighted by atomic mass is 10.0. The molecule has 1 N–H and O–H groups in total. The lowest BCUT2D eigenvalue weighted by Crippen LogP contribution is -2.41. The van der Waals surface area contributed by atoms with E-state index in [1.165, 1.54) is 0 Å². The molecule has 120 valence electrons. The molecule has 0 aromatic heterocycles. The Bertz CT molecular complexity index is 561. The topological polar surface area (TPSA) is 46.2 Å². The maximum absolute atomic E-state index is 13.2. The quantitative estimate of drug-likeness (QED) is 0.749. The van der Waals surface area contributed by atoms with Crippen molar-refractivity contribution >= 4 is 9.84 Å². The Morgan fingerprint density at radius 1 is 1.19 bits per heavy atom. The predicted molar refractivity (Wildman–Crippen MR) is 79.9 cm³/mol. The number of rotatable bonds is 8. The van der Waals surface area contributed by atoms with Crippen LogP contribution in [0.5, 0.6) is 0 Å². The summed E-state index contributed by atoms with van der Waals surface area (Å²) in [6, 6.07) is 2.51. The highest BCUT2D eigenvalue weighted by Crippen LogP contribution is 2.19. The molecule has 1 aromatic rings. The van der Waals surface area contributed by atoms with Crippen LogP contribution in [-0.2, 0) is 9.84 Å². The second-order valence-corrected chi connectivity index (χ2v) is 7.34. The molecule has 0 spiro atoms. The Labute approximate surface area is 125 Å². The summed E-state index contributed by atoms with van der Waals surface area (Å²) in [5.41, 5.74) is 0. The minimum atomic E-state index is -3.65. The molecule has 0 aliphatic carbocycles. The maximum atomic E-state index is 13.2. The van der Waals surface area contributed by atoms with Crippen molar-refractivity contribution in [3.05, 3.63) is 29.8 Å². The van der Waals surface area contributed by atoms with Gasteiger partial charge in [-0.15, -0.1) is 0 Å². The van der Waals surface area contributed by atoms with Crippen LogP contribution in [0.2, 0.25) is 0 Å². The highest BCUT2D eigenvalue weighted by molar-refractivity contribution is 7.91. The predicted octanol–water partition coefficient (Wildman–Crippen LogP) is 3.15. The van der Waals surface area contributed by atoms with Crippen molar-refractivity contribution in [2.75, 3.05) is 12.3 Å². The van der Waals surface area contributed by atoms with Gasteiger partial charge in [-0.2, -0.15) is 0 Å². The van der Waals surface area contributed by atoms with Crippen LogP contribution in [-0.4, -0.2) is 26.8 Å². The van der Waals surface area contributed by atoms with Gasteiger partial charge in [0.1, 0.15) is 0 Å². The number of sulfone groups is 1. The Balaban J connectivity index is 2.96. The fraction of sp³-hybridized carbons (Fsp3) is 0.600. The first-order valence-electron chi connectivity index (χ1n) is 7.23. The zero-order valence-electron chi connectivity index (χ0n) is 12.7. The van der Waals surface area contributed by atoms with Crippen LogP contribution in [0.15, 0.2) is 23.1 Å². The van der Waals surface area contributed by atoms with Gasteiger partial charge < -0.3 is 5.32 Å². The molecule has 0 heterocycles. The van der Waals surface area contributed by atoms with E-state index in [9.17, 15) is 17.2 Å². The minimum absolute atomic E-state index is 0.118. The summed E-state index contributed by atoms with van der Waals surface area (Å²) in [5, 5.41) is 3.22. The van der Waals surface area contributed by atoms with Gasteiger partial charge in [-0.05, 0) is 37.1 Å². The Hall–Kier alpha value is -1.01. The fourth-order valence-electron chi connectivity index (χ4n) is 2.04. The van der Waals surface area contributed by atoms with Gasteiger partial charge in [0.15, 0.2) is 21.5 Å². The Morgan fingerprint density at radius 2 is 1.86 bits per heavy atom. The molecule has 0 saturated carbocycles. The van der Waals surface area contributed by atoms with Crippen LogP contribution in [0.4, 0.5) is 8.78 Å². The third kappa shape index (κ3) is 5.04. The number of benzene rings is 1. The summed E-state index contributed by atoms with van der Waals surface area (Å²) in [6.45, 7) is 6.70. The van der Waals surface area contributed by atoms with Crippen molar-refractivity contribution in [3.63, 3.8) is 0 Å². The van der Waals surface area contributed by atoms with Crippen molar-refractivity contribution < 1.29 is 17.2 Å². The van der Waals surface area contributed by atoms with Gasteiger partial charge in [-0.3, -0.25) is 0 Å². The highest BCUT2D eigenvalue weighted by atomic mass is 32.2.